The molecule has 3 rings (SSSR count). The number of thiocarbonyl (C=S) groups is 1. The molecule has 1 aliphatic heterocycles. The molecule has 1 saturated heterocycles. The summed E-state index contributed by atoms with van der Waals surface area (Å²) in [6.45, 7) is 1.61. The van der Waals surface area contributed by atoms with Gasteiger partial charge in [-0.3, -0.25) is 4.79 Å². The highest BCUT2D eigenvalue weighted by Gasteiger charge is 2.29. The number of likely N-dealkylation sites (tertiary alicyclic amines) is 1. The van der Waals surface area contributed by atoms with E-state index in [2.05, 4.69) is 15.5 Å². The zero-order chi connectivity index (χ0) is 15.5. The summed E-state index contributed by atoms with van der Waals surface area (Å²) >= 11 is 5.40. The van der Waals surface area contributed by atoms with Crippen LogP contribution in [0.4, 0.5) is 5.69 Å². The summed E-state index contributed by atoms with van der Waals surface area (Å²) in [4.78, 5) is 14.4. The van der Waals surface area contributed by atoms with Crippen LogP contribution in [0.25, 0.3) is 0 Å². The van der Waals surface area contributed by atoms with Crippen molar-refractivity contribution in [2.45, 2.75) is 31.7 Å². The summed E-state index contributed by atoms with van der Waals surface area (Å²) < 4.78 is 0. The summed E-state index contributed by atoms with van der Waals surface area (Å²) in [5.41, 5.74) is 0.473. The third-order valence-corrected chi connectivity index (χ3v) is 4.60. The molecule has 2 aliphatic rings. The average Bonchev–Trinajstić information content (AvgIpc) is 3.33. The summed E-state index contributed by atoms with van der Waals surface area (Å²) in [7, 11) is 0. The Labute approximate surface area is 135 Å². The van der Waals surface area contributed by atoms with E-state index in [0.717, 1.165) is 31.0 Å². The first-order valence-corrected chi connectivity index (χ1v) is 8.18. The highest BCUT2D eigenvalue weighted by atomic mass is 32.1. The van der Waals surface area contributed by atoms with Gasteiger partial charge in [0.2, 0.25) is 5.91 Å². The molecule has 0 radical (unpaired) electrons. The largest absolute Gasteiger partial charge is 0.506 e. The molecule has 3 N–H and O–H groups in total. The number of piperidine rings is 1. The lowest BCUT2D eigenvalue weighted by atomic mass is 9.96. The molecule has 0 unspecified atom stereocenters. The molecule has 1 aromatic carbocycles. The first-order chi connectivity index (χ1) is 10.6. The van der Waals surface area contributed by atoms with E-state index in [-0.39, 0.29) is 17.6 Å². The maximum absolute atomic E-state index is 12.3. The standard InChI is InChI=1S/C16H21N3O2S/c20-14-4-2-1-3-13(14)18-15(21)11-7-9-19(10-8-11)16(22)17-12-5-6-12/h1-4,11-12,20H,5-10H2,(H,17,22)(H,18,21). The smallest absolute Gasteiger partial charge is 0.227 e. The average molecular weight is 319 g/mol. The molecule has 6 heteroatoms. The Morgan fingerprint density at radius 1 is 1.18 bits per heavy atom. The summed E-state index contributed by atoms with van der Waals surface area (Å²) in [5, 5.41) is 16.7. The number of aromatic hydroxyl groups is 1. The first-order valence-electron chi connectivity index (χ1n) is 7.78. The zero-order valence-corrected chi connectivity index (χ0v) is 13.2. The van der Waals surface area contributed by atoms with Crippen molar-refractivity contribution in [1.82, 2.24) is 10.2 Å². The van der Waals surface area contributed by atoms with E-state index in [1.165, 1.54) is 12.8 Å². The number of anilines is 1. The van der Waals surface area contributed by atoms with Crippen molar-refractivity contribution in [2.75, 3.05) is 18.4 Å². The van der Waals surface area contributed by atoms with Crippen LogP contribution < -0.4 is 10.6 Å². The third kappa shape index (κ3) is 3.68. The van der Waals surface area contributed by atoms with E-state index in [9.17, 15) is 9.90 Å². The van der Waals surface area contributed by atoms with Gasteiger partial charge in [0.1, 0.15) is 5.75 Å². The van der Waals surface area contributed by atoms with Crippen molar-refractivity contribution >= 4 is 28.9 Å². The van der Waals surface area contributed by atoms with E-state index in [4.69, 9.17) is 12.2 Å². The third-order valence-electron chi connectivity index (χ3n) is 4.22. The van der Waals surface area contributed by atoms with Crippen molar-refractivity contribution in [3.8, 4) is 5.75 Å². The number of hydrogen-bond acceptors (Lipinski definition) is 3. The Bertz CT molecular complexity index is 566. The Morgan fingerprint density at radius 3 is 2.50 bits per heavy atom. The molecule has 0 atom stereocenters. The molecule has 1 heterocycles. The molecule has 5 nitrogen and oxygen atoms in total. The van der Waals surface area contributed by atoms with Gasteiger partial charge in [-0.1, -0.05) is 12.1 Å². The van der Waals surface area contributed by atoms with Gasteiger partial charge in [0.15, 0.2) is 5.11 Å². The number of benzene rings is 1. The van der Waals surface area contributed by atoms with E-state index < -0.39 is 0 Å². The van der Waals surface area contributed by atoms with E-state index in [1.54, 1.807) is 24.3 Å². The van der Waals surface area contributed by atoms with Crippen LogP contribution in [-0.2, 0) is 4.79 Å². The minimum absolute atomic E-state index is 0.0257. The number of hydrogen-bond donors (Lipinski definition) is 3. The second-order valence-electron chi connectivity index (χ2n) is 5.99. The minimum Gasteiger partial charge on any atom is -0.506 e. The van der Waals surface area contributed by atoms with Gasteiger partial charge in [0.05, 0.1) is 5.69 Å². The molecule has 0 spiro atoms. The number of phenolic OH excluding ortho intramolecular Hbond substituents is 1. The second kappa shape index (κ2) is 6.52. The van der Waals surface area contributed by atoms with Gasteiger partial charge in [0, 0.05) is 25.0 Å². The molecule has 1 aromatic rings. The molecular weight excluding hydrogens is 298 g/mol. The van der Waals surface area contributed by atoms with Crippen LogP contribution in [0, 0.1) is 5.92 Å². The maximum Gasteiger partial charge on any atom is 0.227 e. The fraction of sp³-hybridized carbons (Fsp3) is 0.500. The second-order valence-corrected chi connectivity index (χ2v) is 6.38. The lowest BCUT2D eigenvalue weighted by Crippen LogP contribution is -2.46. The SMILES string of the molecule is O=C(Nc1ccccc1O)C1CCN(C(=S)NC2CC2)CC1. The molecule has 2 fully saturated rings. The zero-order valence-electron chi connectivity index (χ0n) is 12.4. The highest BCUT2D eigenvalue weighted by Crippen LogP contribution is 2.25. The van der Waals surface area contributed by atoms with Crippen LogP contribution >= 0.6 is 12.2 Å². The van der Waals surface area contributed by atoms with Gasteiger partial charge < -0.3 is 20.6 Å². The predicted molar refractivity (Wildman–Crippen MR) is 89.8 cm³/mol. The van der Waals surface area contributed by atoms with Gasteiger partial charge in [-0.15, -0.1) is 0 Å². The lowest BCUT2D eigenvalue weighted by molar-refractivity contribution is -0.121. The van der Waals surface area contributed by atoms with E-state index >= 15 is 0 Å². The molecule has 118 valence electrons. The number of nitrogens with zero attached hydrogens (tertiary/aromatic N) is 1. The van der Waals surface area contributed by atoms with Crippen LogP contribution in [0.5, 0.6) is 5.75 Å². The Hall–Kier alpha value is -1.82. The monoisotopic (exact) mass is 319 g/mol. The maximum atomic E-state index is 12.3. The number of phenols is 1. The number of carbonyl (C=O) groups excluding carboxylic acids is 1. The molecular formula is C16H21N3O2S. The predicted octanol–water partition coefficient (Wildman–Crippen LogP) is 2.08. The topological polar surface area (TPSA) is 64.6 Å². The van der Waals surface area contributed by atoms with Crippen LogP contribution in [0.1, 0.15) is 25.7 Å². The lowest BCUT2D eigenvalue weighted by Gasteiger charge is -2.33. The van der Waals surface area contributed by atoms with Crippen LogP contribution in [0.15, 0.2) is 24.3 Å². The van der Waals surface area contributed by atoms with Crippen molar-refractivity contribution in [1.29, 1.82) is 0 Å². The molecule has 1 aliphatic carbocycles. The van der Waals surface area contributed by atoms with Gasteiger partial charge in [-0.2, -0.15) is 0 Å². The van der Waals surface area contributed by atoms with Crippen molar-refractivity contribution < 1.29 is 9.90 Å². The van der Waals surface area contributed by atoms with E-state index in [0.29, 0.717) is 11.7 Å². The summed E-state index contributed by atoms with van der Waals surface area (Å²) in [6.07, 6.45) is 3.98. The van der Waals surface area contributed by atoms with Crippen molar-refractivity contribution in [2.24, 2.45) is 5.92 Å². The molecule has 22 heavy (non-hydrogen) atoms. The fourth-order valence-corrected chi connectivity index (χ4v) is 3.00. The van der Waals surface area contributed by atoms with Gasteiger partial charge >= 0.3 is 0 Å². The summed E-state index contributed by atoms with van der Waals surface area (Å²) in [5.74, 6) is 0.0462. The summed E-state index contributed by atoms with van der Waals surface area (Å²) in [6, 6.07) is 7.36. The molecule has 0 aromatic heterocycles. The number of nitrogens with one attached hydrogen (secondary N) is 2. The van der Waals surface area contributed by atoms with Crippen LogP contribution in [-0.4, -0.2) is 40.2 Å². The normalized spacial score (nSPS) is 18.8. The minimum atomic E-state index is -0.0282. The number of carbonyl (C=O) groups is 1. The quantitative estimate of drug-likeness (QED) is 0.588. The number of rotatable bonds is 3. The Balaban J connectivity index is 1.49. The molecule has 1 saturated carbocycles. The van der Waals surface area contributed by atoms with Crippen molar-refractivity contribution in [3.63, 3.8) is 0 Å². The highest BCUT2D eigenvalue weighted by molar-refractivity contribution is 7.80. The van der Waals surface area contributed by atoms with Gasteiger partial charge in [-0.05, 0) is 50.0 Å². The fourth-order valence-electron chi connectivity index (χ4n) is 2.65. The Morgan fingerprint density at radius 2 is 1.86 bits per heavy atom. The first kappa shape index (κ1) is 15.1. The van der Waals surface area contributed by atoms with Crippen LogP contribution in [0.3, 0.4) is 0 Å². The van der Waals surface area contributed by atoms with Gasteiger partial charge in [0.25, 0.3) is 0 Å². The van der Waals surface area contributed by atoms with E-state index in [1.807, 2.05) is 0 Å². The number of amides is 1. The molecule has 0 bridgehead atoms. The van der Waals surface area contributed by atoms with Crippen LogP contribution in [0.2, 0.25) is 0 Å². The Kier molecular flexibility index (Phi) is 4.47. The molecule has 1 amide bonds. The van der Waals surface area contributed by atoms with Gasteiger partial charge in [-0.25, -0.2) is 0 Å². The number of para-hydroxylation sites is 2. The van der Waals surface area contributed by atoms with Crippen molar-refractivity contribution in [3.05, 3.63) is 24.3 Å².